The van der Waals surface area contributed by atoms with Gasteiger partial charge in [-0.25, -0.2) is 0 Å². The molecular formula is C18H18N4O. The van der Waals surface area contributed by atoms with Gasteiger partial charge in [0.05, 0.1) is 5.69 Å². The Morgan fingerprint density at radius 3 is 2.61 bits per heavy atom. The zero-order valence-electron chi connectivity index (χ0n) is 12.9. The van der Waals surface area contributed by atoms with Crippen LogP contribution in [0.1, 0.15) is 23.8 Å². The van der Waals surface area contributed by atoms with Gasteiger partial charge in [0.2, 0.25) is 0 Å². The van der Waals surface area contributed by atoms with E-state index in [4.69, 9.17) is 5.73 Å². The first-order valence-corrected chi connectivity index (χ1v) is 7.61. The maximum Gasteiger partial charge on any atom is 0.273 e. The molecule has 0 unspecified atom stereocenters. The Labute approximate surface area is 134 Å². The van der Waals surface area contributed by atoms with E-state index in [2.05, 4.69) is 15.5 Å². The van der Waals surface area contributed by atoms with Gasteiger partial charge in [-0.3, -0.25) is 4.79 Å². The van der Waals surface area contributed by atoms with Crippen LogP contribution in [0.3, 0.4) is 0 Å². The van der Waals surface area contributed by atoms with E-state index in [9.17, 15) is 4.79 Å². The van der Waals surface area contributed by atoms with E-state index >= 15 is 0 Å². The molecule has 0 bridgehead atoms. The van der Waals surface area contributed by atoms with Gasteiger partial charge < -0.3 is 11.1 Å². The number of benzene rings is 2. The van der Waals surface area contributed by atoms with Crippen molar-refractivity contribution in [2.45, 2.75) is 13.3 Å². The topological polar surface area (TPSA) is 80.9 Å². The molecule has 1 amide bonds. The van der Waals surface area contributed by atoms with Crippen LogP contribution >= 0.6 is 0 Å². The number of amides is 1. The number of carbonyl (C=O) groups excluding carboxylic acids is 1. The van der Waals surface area contributed by atoms with E-state index < -0.39 is 0 Å². The second-order valence-corrected chi connectivity index (χ2v) is 5.29. The fraction of sp³-hybridized carbons (Fsp3) is 0.167. The Bertz CT molecular complexity index is 846. The zero-order valence-corrected chi connectivity index (χ0v) is 12.9. The van der Waals surface area contributed by atoms with Crippen LogP contribution in [0, 0.1) is 0 Å². The number of carbonyl (C=O) groups is 1. The van der Waals surface area contributed by atoms with Crippen LogP contribution in [-0.2, 0) is 0 Å². The van der Waals surface area contributed by atoms with Crippen LogP contribution in [-0.4, -0.2) is 22.6 Å². The van der Waals surface area contributed by atoms with Crippen LogP contribution < -0.4 is 11.1 Å². The van der Waals surface area contributed by atoms with E-state index in [1.54, 1.807) is 0 Å². The average molecular weight is 306 g/mol. The molecule has 5 nitrogen and oxygen atoms in total. The second-order valence-electron chi connectivity index (χ2n) is 5.29. The first-order chi connectivity index (χ1) is 11.2. The van der Waals surface area contributed by atoms with E-state index in [1.165, 1.54) is 0 Å². The summed E-state index contributed by atoms with van der Waals surface area (Å²) >= 11 is 0. The van der Waals surface area contributed by atoms with Crippen molar-refractivity contribution >= 4 is 22.5 Å². The molecule has 5 heteroatoms. The maximum absolute atomic E-state index is 12.1. The number of nitrogens with zero attached hydrogens (tertiary/aromatic N) is 2. The molecule has 3 aromatic rings. The summed E-state index contributed by atoms with van der Waals surface area (Å²) in [5.74, 6) is -0.288. The minimum Gasteiger partial charge on any atom is -0.396 e. The van der Waals surface area contributed by atoms with E-state index in [-0.39, 0.29) is 11.6 Å². The molecule has 0 spiro atoms. The van der Waals surface area contributed by atoms with Crippen LogP contribution in [0.15, 0.2) is 48.5 Å². The molecule has 0 aliphatic heterocycles. The molecule has 0 atom stereocenters. The molecule has 116 valence electrons. The summed E-state index contributed by atoms with van der Waals surface area (Å²) in [5, 5.41) is 11.8. The molecule has 0 aliphatic carbocycles. The SMILES string of the molecule is CCCNC(=O)c1nnc2c(-c3ccccc3)cccc2c1N. The Kier molecular flexibility index (Phi) is 4.19. The molecule has 23 heavy (non-hydrogen) atoms. The smallest absolute Gasteiger partial charge is 0.273 e. The number of rotatable bonds is 4. The fourth-order valence-corrected chi connectivity index (χ4v) is 2.49. The molecule has 3 rings (SSSR count). The first kappa shape index (κ1) is 15.0. The van der Waals surface area contributed by atoms with Gasteiger partial charge in [0, 0.05) is 17.5 Å². The zero-order chi connectivity index (χ0) is 16.2. The normalized spacial score (nSPS) is 10.7. The predicted octanol–water partition coefficient (Wildman–Crippen LogP) is 3.02. The summed E-state index contributed by atoms with van der Waals surface area (Å²) < 4.78 is 0. The van der Waals surface area contributed by atoms with Crippen molar-refractivity contribution in [3.63, 3.8) is 0 Å². The van der Waals surface area contributed by atoms with Gasteiger partial charge in [-0.2, -0.15) is 0 Å². The Balaban J connectivity index is 2.11. The second kappa shape index (κ2) is 6.44. The van der Waals surface area contributed by atoms with Crippen LogP contribution in [0.5, 0.6) is 0 Å². The number of nitrogens with two attached hydrogens (primary N) is 1. The molecule has 0 aliphatic rings. The van der Waals surface area contributed by atoms with Gasteiger partial charge in [-0.05, 0) is 12.0 Å². The van der Waals surface area contributed by atoms with Gasteiger partial charge in [-0.15, -0.1) is 10.2 Å². The molecule has 0 fully saturated rings. The summed E-state index contributed by atoms with van der Waals surface area (Å²) in [7, 11) is 0. The highest BCUT2D eigenvalue weighted by molar-refractivity contribution is 6.07. The Hall–Kier alpha value is -2.95. The van der Waals surface area contributed by atoms with Crippen molar-refractivity contribution in [3.05, 3.63) is 54.2 Å². The predicted molar refractivity (Wildman–Crippen MR) is 92.0 cm³/mol. The van der Waals surface area contributed by atoms with Crippen molar-refractivity contribution in [1.82, 2.24) is 15.5 Å². The lowest BCUT2D eigenvalue weighted by Crippen LogP contribution is -2.26. The standard InChI is InChI=1S/C18H18N4O/c1-2-11-20-18(23)17-15(19)14-10-6-9-13(16(14)21-22-17)12-7-4-3-5-8-12/h3-10H,2,11H2,1H3,(H2,19,21)(H,20,23). The Morgan fingerprint density at radius 1 is 1.09 bits per heavy atom. The first-order valence-electron chi connectivity index (χ1n) is 7.61. The number of hydrogen-bond acceptors (Lipinski definition) is 4. The number of aromatic nitrogens is 2. The molecule has 1 heterocycles. The van der Waals surface area contributed by atoms with Crippen molar-refractivity contribution in [2.75, 3.05) is 12.3 Å². The summed E-state index contributed by atoms with van der Waals surface area (Å²) in [6.07, 6.45) is 0.852. The number of nitrogen functional groups attached to an aromatic ring is 1. The van der Waals surface area contributed by atoms with Gasteiger partial charge in [0.25, 0.3) is 5.91 Å². The molecular weight excluding hydrogens is 288 g/mol. The van der Waals surface area contributed by atoms with E-state index in [1.807, 2.05) is 55.5 Å². The summed E-state index contributed by atoms with van der Waals surface area (Å²) in [6.45, 7) is 2.57. The minimum absolute atomic E-state index is 0.177. The highest BCUT2D eigenvalue weighted by Gasteiger charge is 2.16. The number of fused-ring (bicyclic) bond motifs is 1. The lowest BCUT2D eigenvalue weighted by Gasteiger charge is -2.10. The summed E-state index contributed by atoms with van der Waals surface area (Å²) in [4.78, 5) is 12.1. The molecule has 0 saturated carbocycles. The minimum atomic E-state index is -0.288. The van der Waals surface area contributed by atoms with Crippen molar-refractivity contribution in [2.24, 2.45) is 0 Å². The Morgan fingerprint density at radius 2 is 1.87 bits per heavy atom. The number of nitrogens with one attached hydrogen (secondary N) is 1. The van der Waals surface area contributed by atoms with Gasteiger partial charge >= 0.3 is 0 Å². The van der Waals surface area contributed by atoms with Crippen LogP contribution in [0.2, 0.25) is 0 Å². The van der Waals surface area contributed by atoms with Crippen LogP contribution in [0.4, 0.5) is 5.69 Å². The summed E-state index contributed by atoms with van der Waals surface area (Å²) in [5.41, 5.74) is 9.40. The third kappa shape index (κ3) is 2.85. The average Bonchev–Trinajstić information content (AvgIpc) is 2.60. The quantitative estimate of drug-likeness (QED) is 0.776. The van der Waals surface area contributed by atoms with Crippen molar-refractivity contribution in [1.29, 1.82) is 0 Å². The summed E-state index contributed by atoms with van der Waals surface area (Å²) in [6, 6.07) is 15.7. The van der Waals surface area contributed by atoms with Gasteiger partial charge in [0.1, 0.15) is 5.52 Å². The molecule has 3 N–H and O–H groups in total. The monoisotopic (exact) mass is 306 g/mol. The third-order valence-corrected chi connectivity index (χ3v) is 3.67. The van der Waals surface area contributed by atoms with Gasteiger partial charge in [0.15, 0.2) is 5.69 Å². The van der Waals surface area contributed by atoms with E-state index in [0.717, 1.165) is 22.9 Å². The maximum atomic E-state index is 12.1. The highest BCUT2D eigenvalue weighted by atomic mass is 16.1. The number of hydrogen-bond donors (Lipinski definition) is 2. The molecule has 0 saturated heterocycles. The molecule has 1 aromatic heterocycles. The molecule has 2 aromatic carbocycles. The highest BCUT2D eigenvalue weighted by Crippen LogP contribution is 2.30. The largest absolute Gasteiger partial charge is 0.396 e. The van der Waals surface area contributed by atoms with Crippen molar-refractivity contribution < 1.29 is 4.79 Å². The lowest BCUT2D eigenvalue weighted by atomic mass is 10.0. The van der Waals surface area contributed by atoms with Gasteiger partial charge in [-0.1, -0.05) is 55.5 Å². The number of anilines is 1. The lowest BCUT2D eigenvalue weighted by molar-refractivity contribution is 0.0949. The van der Waals surface area contributed by atoms with Crippen molar-refractivity contribution in [3.8, 4) is 11.1 Å². The van der Waals surface area contributed by atoms with Crippen LogP contribution in [0.25, 0.3) is 22.0 Å². The van der Waals surface area contributed by atoms with E-state index in [0.29, 0.717) is 17.7 Å². The molecule has 0 radical (unpaired) electrons. The third-order valence-electron chi connectivity index (χ3n) is 3.67. The fourth-order valence-electron chi connectivity index (χ4n) is 2.49.